The first-order valence-electron chi connectivity index (χ1n) is 7.63. The fraction of sp³-hybridized carbons (Fsp3) is 0.500. The number of carbonyl (C=O) groups is 2. The van der Waals surface area contributed by atoms with E-state index >= 15 is 0 Å². The van der Waals surface area contributed by atoms with Crippen molar-refractivity contribution in [2.75, 3.05) is 13.1 Å². The first kappa shape index (κ1) is 16.1. The molecule has 120 valence electrons. The minimum atomic E-state index is -0.448. The van der Waals surface area contributed by atoms with Gasteiger partial charge in [-0.2, -0.15) is 0 Å². The van der Waals surface area contributed by atoms with Gasteiger partial charge in [-0.15, -0.1) is 0 Å². The van der Waals surface area contributed by atoms with Crippen LogP contribution in [0.5, 0.6) is 5.75 Å². The molecule has 1 fully saturated rings. The number of benzene rings is 1. The molecule has 6 heteroatoms. The Kier molecular flexibility index (Phi) is 5.63. The van der Waals surface area contributed by atoms with Crippen LogP contribution in [0.15, 0.2) is 30.3 Å². The first-order valence-corrected chi connectivity index (χ1v) is 7.63. The normalized spacial score (nSPS) is 15.5. The summed E-state index contributed by atoms with van der Waals surface area (Å²) < 4.78 is 5.20. The van der Waals surface area contributed by atoms with Crippen LogP contribution in [0.4, 0.5) is 9.59 Å². The second kappa shape index (κ2) is 7.68. The van der Waals surface area contributed by atoms with Gasteiger partial charge in [0.1, 0.15) is 5.75 Å². The van der Waals surface area contributed by atoms with E-state index in [9.17, 15) is 9.59 Å². The van der Waals surface area contributed by atoms with Crippen LogP contribution >= 0.6 is 0 Å². The van der Waals surface area contributed by atoms with Gasteiger partial charge >= 0.3 is 12.1 Å². The van der Waals surface area contributed by atoms with Crippen LogP contribution in [0.1, 0.15) is 26.7 Å². The fourth-order valence-electron chi connectivity index (χ4n) is 2.36. The summed E-state index contributed by atoms with van der Waals surface area (Å²) in [7, 11) is 0. The Morgan fingerprint density at radius 3 is 2.41 bits per heavy atom. The van der Waals surface area contributed by atoms with E-state index < -0.39 is 6.09 Å². The lowest BCUT2D eigenvalue weighted by molar-refractivity contribution is 0.166. The van der Waals surface area contributed by atoms with E-state index in [4.69, 9.17) is 4.74 Å². The summed E-state index contributed by atoms with van der Waals surface area (Å²) in [4.78, 5) is 25.5. The molecule has 0 unspecified atom stereocenters. The highest BCUT2D eigenvalue weighted by molar-refractivity contribution is 5.74. The molecule has 1 aliphatic rings. The molecule has 6 nitrogen and oxygen atoms in total. The second-order valence-corrected chi connectivity index (χ2v) is 5.71. The van der Waals surface area contributed by atoms with Crippen molar-refractivity contribution >= 4 is 12.1 Å². The van der Waals surface area contributed by atoms with Crippen LogP contribution in [0, 0.1) is 0 Å². The Hall–Kier alpha value is -2.24. The number of piperidine rings is 1. The van der Waals surface area contributed by atoms with E-state index in [1.807, 2.05) is 32.0 Å². The number of nitrogens with one attached hydrogen (secondary N) is 2. The molecule has 1 aromatic rings. The summed E-state index contributed by atoms with van der Waals surface area (Å²) in [5.74, 6) is 0.522. The quantitative estimate of drug-likeness (QED) is 0.900. The van der Waals surface area contributed by atoms with Crippen molar-refractivity contribution in [3.63, 3.8) is 0 Å². The number of nitrogens with zero attached hydrogens (tertiary/aromatic N) is 1. The van der Waals surface area contributed by atoms with Crippen molar-refractivity contribution in [2.24, 2.45) is 0 Å². The molecule has 0 spiro atoms. The van der Waals surface area contributed by atoms with Gasteiger partial charge in [-0.05, 0) is 38.8 Å². The number of carbonyl (C=O) groups excluding carboxylic acids is 2. The molecule has 0 bridgehead atoms. The third-order valence-corrected chi connectivity index (χ3v) is 3.47. The van der Waals surface area contributed by atoms with E-state index in [-0.39, 0.29) is 18.1 Å². The summed E-state index contributed by atoms with van der Waals surface area (Å²) in [5, 5.41) is 5.72. The number of likely N-dealkylation sites (tertiary alicyclic amines) is 1. The molecular weight excluding hydrogens is 282 g/mol. The van der Waals surface area contributed by atoms with Crippen LogP contribution < -0.4 is 15.4 Å². The number of para-hydroxylation sites is 1. The Morgan fingerprint density at radius 2 is 1.82 bits per heavy atom. The van der Waals surface area contributed by atoms with Gasteiger partial charge in [0.25, 0.3) is 0 Å². The molecule has 0 aromatic heterocycles. The smallest absolute Gasteiger partial charge is 0.410 e. The zero-order valence-corrected chi connectivity index (χ0v) is 13.0. The van der Waals surface area contributed by atoms with E-state index in [2.05, 4.69) is 10.6 Å². The molecule has 2 rings (SSSR count). The van der Waals surface area contributed by atoms with Crippen molar-refractivity contribution in [3.05, 3.63) is 30.3 Å². The van der Waals surface area contributed by atoms with Crippen molar-refractivity contribution < 1.29 is 14.3 Å². The van der Waals surface area contributed by atoms with Crippen LogP contribution in [-0.4, -0.2) is 42.2 Å². The van der Waals surface area contributed by atoms with E-state index in [1.54, 1.807) is 17.0 Å². The summed E-state index contributed by atoms with van der Waals surface area (Å²) in [6, 6.07) is 9.09. The minimum absolute atomic E-state index is 0.0410. The topological polar surface area (TPSA) is 70.7 Å². The molecular formula is C16H23N3O3. The SMILES string of the molecule is CC(C)NC(=O)N1CCC(NC(=O)Oc2ccccc2)CC1. The Balaban J connectivity index is 1.73. The Bertz CT molecular complexity index is 497. The number of rotatable bonds is 3. The lowest BCUT2D eigenvalue weighted by Crippen LogP contribution is -2.50. The van der Waals surface area contributed by atoms with Gasteiger partial charge in [0, 0.05) is 25.2 Å². The number of ether oxygens (including phenoxy) is 1. The lowest BCUT2D eigenvalue weighted by Gasteiger charge is -2.32. The van der Waals surface area contributed by atoms with Gasteiger partial charge in [-0.1, -0.05) is 18.2 Å². The molecule has 22 heavy (non-hydrogen) atoms. The highest BCUT2D eigenvalue weighted by Crippen LogP contribution is 2.12. The maximum absolute atomic E-state index is 11.9. The van der Waals surface area contributed by atoms with Crippen LogP contribution in [0.3, 0.4) is 0 Å². The number of hydrogen-bond donors (Lipinski definition) is 2. The van der Waals surface area contributed by atoms with Gasteiger partial charge in [-0.25, -0.2) is 9.59 Å². The molecule has 1 heterocycles. The standard InChI is InChI=1S/C16H23N3O3/c1-12(2)17-15(20)19-10-8-13(9-11-19)18-16(21)22-14-6-4-3-5-7-14/h3-7,12-13H,8-11H2,1-2H3,(H,17,20)(H,18,21). The molecule has 1 aliphatic heterocycles. The summed E-state index contributed by atoms with van der Waals surface area (Å²) >= 11 is 0. The van der Waals surface area contributed by atoms with E-state index in [0.717, 1.165) is 12.8 Å². The van der Waals surface area contributed by atoms with Crippen molar-refractivity contribution in [2.45, 2.75) is 38.8 Å². The predicted octanol–water partition coefficient (Wildman–Crippen LogP) is 2.36. The van der Waals surface area contributed by atoms with E-state index in [0.29, 0.717) is 18.8 Å². The van der Waals surface area contributed by atoms with Crippen molar-refractivity contribution in [1.82, 2.24) is 15.5 Å². The lowest BCUT2D eigenvalue weighted by atomic mass is 10.1. The van der Waals surface area contributed by atoms with Gasteiger partial charge in [-0.3, -0.25) is 0 Å². The highest BCUT2D eigenvalue weighted by atomic mass is 16.6. The van der Waals surface area contributed by atoms with Crippen molar-refractivity contribution in [1.29, 1.82) is 0 Å². The van der Waals surface area contributed by atoms with Crippen LogP contribution in [0.2, 0.25) is 0 Å². The zero-order valence-electron chi connectivity index (χ0n) is 13.0. The van der Waals surface area contributed by atoms with Crippen molar-refractivity contribution in [3.8, 4) is 5.75 Å². The monoisotopic (exact) mass is 305 g/mol. The molecule has 0 atom stereocenters. The van der Waals surface area contributed by atoms with Gasteiger partial charge < -0.3 is 20.3 Å². The largest absolute Gasteiger partial charge is 0.412 e. The Morgan fingerprint density at radius 1 is 1.18 bits per heavy atom. The number of urea groups is 1. The average Bonchev–Trinajstić information content (AvgIpc) is 2.48. The molecule has 0 radical (unpaired) electrons. The van der Waals surface area contributed by atoms with Gasteiger partial charge in [0.2, 0.25) is 0 Å². The highest BCUT2D eigenvalue weighted by Gasteiger charge is 2.24. The summed E-state index contributed by atoms with van der Waals surface area (Å²) in [5.41, 5.74) is 0. The second-order valence-electron chi connectivity index (χ2n) is 5.71. The fourth-order valence-corrected chi connectivity index (χ4v) is 2.36. The van der Waals surface area contributed by atoms with Gasteiger partial charge in [0.05, 0.1) is 0 Å². The number of amides is 3. The van der Waals surface area contributed by atoms with Crippen LogP contribution in [0.25, 0.3) is 0 Å². The third kappa shape index (κ3) is 4.95. The third-order valence-electron chi connectivity index (χ3n) is 3.47. The molecule has 1 aromatic carbocycles. The van der Waals surface area contributed by atoms with Gasteiger partial charge in [0.15, 0.2) is 0 Å². The summed E-state index contributed by atoms with van der Waals surface area (Å²) in [6.07, 6.45) is 1.02. The average molecular weight is 305 g/mol. The first-order chi connectivity index (χ1) is 10.5. The molecule has 0 aliphatic carbocycles. The Labute approximate surface area is 130 Å². The minimum Gasteiger partial charge on any atom is -0.410 e. The molecule has 2 N–H and O–H groups in total. The molecule has 0 saturated carbocycles. The summed E-state index contributed by atoms with van der Waals surface area (Å²) in [6.45, 7) is 5.14. The number of hydrogen-bond acceptors (Lipinski definition) is 3. The zero-order chi connectivity index (χ0) is 15.9. The van der Waals surface area contributed by atoms with E-state index in [1.165, 1.54) is 0 Å². The maximum Gasteiger partial charge on any atom is 0.412 e. The molecule has 1 saturated heterocycles. The van der Waals surface area contributed by atoms with Crippen LogP contribution in [-0.2, 0) is 0 Å². The predicted molar refractivity (Wildman–Crippen MR) is 83.9 cm³/mol. The maximum atomic E-state index is 11.9. The molecule has 3 amide bonds.